The molecular formula is C32H39N5O5. The summed E-state index contributed by atoms with van der Waals surface area (Å²) in [7, 11) is 4.95. The number of carbonyl (C=O) groups excluding carboxylic acids is 2. The molecule has 0 spiro atoms. The van der Waals surface area contributed by atoms with Gasteiger partial charge in [0.05, 0.1) is 31.6 Å². The minimum Gasteiger partial charge on any atom is -0.493 e. The normalized spacial score (nSPS) is 11.7. The number of methoxy groups -OCH3 is 1. The number of fused-ring (bicyclic) bond motifs is 1. The number of nitrogens with one attached hydrogen (secondary N) is 1. The maximum absolute atomic E-state index is 12.8. The first-order valence-electron chi connectivity index (χ1n) is 14.2. The molecule has 10 heteroatoms. The number of aryl methyl sites for hydroxylation is 2. The number of nitrogens with zero attached hydrogens (tertiary/aromatic N) is 4. The van der Waals surface area contributed by atoms with Crippen molar-refractivity contribution in [2.75, 3.05) is 33.1 Å². The van der Waals surface area contributed by atoms with Crippen LogP contribution in [-0.2, 0) is 22.5 Å². The van der Waals surface area contributed by atoms with Gasteiger partial charge in [-0.3, -0.25) is 0 Å². The lowest BCUT2D eigenvalue weighted by atomic mass is 10.1. The number of pyridine rings is 1. The van der Waals surface area contributed by atoms with E-state index in [0.717, 1.165) is 36.3 Å². The molecule has 1 atom stereocenters. The van der Waals surface area contributed by atoms with Crippen LogP contribution in [0.25, 0.3) is 11.2 Å². The summed E-state index contributed by atoms with van der Waals surface area (Å²) in [4.78, 5) is 36.3. The molecule has 0 radical (unpaired) electrons. The third-order valence-electron chi connectivity index (χ3n) is 6.81. The van der Waals surface area contributed by atoms with Crippen LogP contribution in [0.2, 0.25) is 0 Å². The van der Waals surface area contributed by atoms with Gasteiger partial charge in [0, 0.05) is 26.1 Å². The zero-order valence-corrected chi connectivity index (χ0v) is 25.1. The first kappa shape index (κ1) is 30.4. The summed E-state index contributed by atoms with van der Waals surface area (Å²) >= 11 is 0. The zero-order valence-electron chi connectivity index (χ0n) is 25.1. The second-order valence-corrected chi connectivity index (χ2v) is 10.2. The molecule has 0 aliphatic carbocycles. The average molecular weight is 574 g/mol. The topological polar surface area (TPSA) is 108 Å². The van der Waals surface area contributed by atoms with E-state index in [9.17, 15) is 9.59 Å². The fourth-order valence-electron chi connectivity index (χ4n) is 4.55. The molecule has 0 aliphatic heterocycles. The molecule has 4 rings (SSSR count). The predicted octanol–water partition coefficient (Wildman–Crippen LogP) is 5.92. The van der Waals surface area contributed by atoms with Crippen LogP contribution in [0.15, 0.2) is 54.6 Å². The molecule has 1 N–H and O–H groups in total. The summed E-state index contributed by atoms with van der Waals surface area (Å²) in [6.07, 6.45) is 1.88. The van der Waals surface area contributed by atoms with E-state index in [4.69, 9.17) is 24.2 Å². The van der Waals surface area contributed by atoms with Crippen molar-refractivity contribution in [2.45, 2.75) is 52.7 Å². The van der Waals surface area contributed by atoms with Gasteiger partial charge in [-0.15, -0.1) is 0 Å². The first-order chi connectivity index (χ1) is 20.2. The smallest absolute Gasteiger partial charge is 0.352 e. The van der Waals surface area contributed by atoms with Crippen molar-refractivity contribution in [2.24, 2.45) is 0 Å². The van der Waals surface area contributed by atoms with Gasteiger partial charge in [0.1, 0.15) is 11.3 Å². The molecular weight excluding hydrogens is 534 g/mol. The number of hydrogen-bond donors (Lipinski definition) is 1. The molecule has 0 fully saturated rings. The lowest BCUT2D eigenvalue weighted by Gasteiger charge is -2.20. The van der Waals surface area contributed by atoms with Crippen LogP contribution >= 0.6 is 0 Å². The number of ether oxygens (including phenoxy) is 3. The van der Waals surface area contributed by atoms with Crippen LogP contribution in [-0.4, -0.2) is 59.2 Å². The SMILES string of the molecule is CCCCc1nc2cc(NC(=O)N(C)C)c(C)nc2n1Cc1ccc(OC(C(=O)OCC)c2ccccc2)c(OC)c1. The Bertz CT molecular complexity index is 1530. The highest BCUT2D eigenvalue weighted by atomic mass is 16.6. The predicted molar refractivity (Wildman–Crippen MR) is 162 cm³/mol. The van der Waals surface area contributed by atoms with Gasteiger partial charge in [0.25, 0.3) is 0 Å². The van der Waals surface area contributed by atoms with E-state index in [0.29, 0.717) is 40.5 Å². The molecule has 222 valence electrons. The molecule has 2 amide bonds. The van der Waals surface area contributed by atoms with E-state index in [1.807, 2.05) is 61.5 Å². The Morgan fingerprint density at radius 2 is 1.79 bits per heavy atom. The Kier molecular flexibility index (Phi) is 10.0. The van der Waals surface area contributed by atoms with Crippen molar-refractivity contribution in [1.29, 1.82) is 0 Å². The number of carbonyl (C=O) groups is 2. The number of imidazole rings is 1. The molecule has 0 saturated heterocycles. The number of unbranched alkanes of at least 4 members (excludes halogenated alkanes) is 1. The van der Waals surface area contributed by atoms with Gasteiger partial charge in [0.15, 0.2) is 17.1 Å². The van der Waals surface area contributed by atoms with Crippen LogP contribution in [0.3, 0.4) is 0 Å². The van der Waals surface area contributed by atoms with Gasteiger partial charge >= 0.3 is 12.0 Å². The lowest BCUT2D eigenvalue weighted by molar-refractivity contribution is -0.151. The van der Waals surface area contributed by atoms with E-state index in [2.05, 4.69) is 16.8 Å². The number of aromatic nitrogens is 3. The Balaban J connectivity index is 1.67. The molecule has 10 nitrogen and oxygen atoms in total. The van der Waals surface area contributed by atoms with Crippen LogP contribution in [0.1, 0.15) is 55.4 Å². The molecule has 1 unspecified atom stereocenters. The standard InChI is InChI=1S/C32H39N5O5/c1-7-9-15-28-34-25-19-24(35-32(39)36(4)5)21(3)33-30(25)37(28)20-22-16-17-26(27(18-22)40-6)42-29(31(38)41-8-2)23-13-11-10-12-14-23/h10-14,16-19,29H,7-9,15,20H2,1-6H3,(H,35,39). The monoisotopic (exact) mass is 573 g/mol. The summed E-state index contributed by atoms with van der Waals surface area (Å²) in [5, 5.41) is 2.90. The Morgan fingerprint density at radius 1 is 1.02 bits per heavy atom. The fraction of sp³-hybridized carbons (Fsp3) is 0.375. The van der Waals surface area contributed by atoms with E-state index in [1.54, 1.807) is 28.1 Å². The largest absolute Gasteiger partial charge is 0.493 e. The van der Waals surface area contributed by atoms with E-state index < -0.39 is 12.1 Å². The molecule has 4 aromatic rings. The number of anilines is 1. The van der Waals surface area contributed by atoms with E-state index in [1.165, 1.54) is 4.90 Å². The molecule has 0 bridgehead atoms. The van der Waals surface area contributed by atoms with Crippen molar-refractivity contribution in [3.05, 3.63) is 77.2 Å². The summed E-state index contributed by atoms with van der Waals surface area (Å²) in [6.45, 7) is 6.53. The van der Waals surface area contributed by atoms with E-state index in [-0.39, 0.29) is 12.6 Å². The van der Waals surface area contributed by atoms with Gasteiger partial charge in [-0.25, -0.2) is 19.6 Å². The maximum atomic E-state index is 12.8. The number of rotatable bonds is 12. The fourth-order valence-corrected chi connectivity index (χ4v) is 4.55. The summed E-state index contributed by atoms with van der Waals surface area (Å²) in [5.41, 5.74) is 4.43. The van der Waals surface area contributed by atoms with Crippen molar-refractivity contribution >= 4 is 28.9 Å². The quantitative estimate of drug-likeness (QED) is 0.210. The molecule has 2 aromatic carbocycles. The third kappa shape index (κ3) is 6.99. The molecule has 0 aliphatic rings. The van der Waals surface area contributed by atoms with Crippen LogP contribution in [0.4, 0.5) is 10.5 Å². The van der Waals surface area contributed by atoms with Gasteiger partial charge in [0.2, 0.25) is 6.10 Å². The highest BCUT2D eigenvalue weighted by Crippen LogP contribution is 2.34. The molecule has 2 heterocycles. The summed E-state index contributed by atoms with van der Waals surface area (Å²) < 4.78 is 19.3. The summed E-state index contributed by atoms with van der Waals surface area (Å²) in [5.74, 6) is 1.37. The van der Waals surface area contributed by atoms with Gasteiger partial charge < -0.3 is 29.0 Å². The first-order valence-corrected chi connectivity index (χ1v) is 14.2. The third-order valence-corrected chi connectivity index (χ3v) is 6.81. The number of urea groups is 1. The van der Waals surface area contributed by atoms with Crippen molar-refractivity contribution < 1.29 is 23.8 Å². The molecule has 2 aromatic heterocycles. The van der Waals surface area contributed by atoms with Crippen molar-refractivity contribution in [3.8, 4) is 11.5 Å². The second-order valence-electron chi connectivity index (χ2n) is 10.2. The Hall–Kier alpha value is -4.60. The van der Waals surface area contributed by atoms with Crippen molar-refractivity contribution in [3.63, 3.8) is 0 Å². The highest BCUT2D eigenvalue weighted by Gasteiger charge is 2.26. The Labute approximate surface area is 246 Å². The summed E-state index contributed by atoms with van der Waals surface area (Å²) in [6, 6.07) is 16.5. The van der Waals surface area contributed by atoms with Crippen LogP contribution < -0.4 is 14.8 Å². The van der Waals surface area contributed by atoms with Crippen molar-refractivity contribution in [1.82, 2.24) is 19.4 Å². The Morgan fingerprint density at radius 3 is 2.45 bits per heavy atom. The zero-order chi connectivity index (χ0) is 30.2. The minimum atomic E-state index is -0.932. The lowest BCUT2D eigenvalue weighted by Crippen LogP contribution is -2.27. The number of benzene rings is 2. The van der Waals surface area contributed by atoms with E-state index >= 15 is 0 Å². The second kappa shape index (κ2) is 13.8. The minimum absolute atomic E-state index is 0.225. The van der Waals surface area contributed by atoms with Gasteiger partial charge in [-0.05, 0) is 44.0 Å². The van der Waals surface area contributed by atoms with Gasteiger partial charge in [-0.2, -0.15) is 0 Å². The van der Waals surface area contributed by atoms with Crippen LogP contribution in [0.5, 0.6) is 11.5 Å². The number of hydrogen-bond acceptors (Lipinski definition) is 7. The molecule has 42 heavy (non-hydrogen) atoms. The number of esters is 1. The van der Waals surface area contributed by atoms with Gasteiger partial charge in [-0.1, -0.05) is 49.7 Å². The molecule has 0 saturated carbocycles. The highest BCUT2D eigenvalue weighted by molar-refractivity contribution is 5.91. The average Bonchev–Trinajstić information content (AvgIpc) is 3.31. The maximum Gasteiger partial charge on any atom is 0.352 e. The number of amides is 2. The van der Waals surface area contributed by atoms with Crippen LogP contribution in [0, 0.1) is 6.92 Å².